The molecule has 3 rings (SSSR count). The molecule has 1 aliphatic carbocycles. The predicted molar refractivity (Wildman–Crippen MR) is 118 cm³/mol. The summed E-state index contributed by atoms with van der Waals surface area (Å²) in [6.07, 6.45) is 5.03. The van der Waals surface area contributed by atoms with Crippen molar-refractivity contribution in [3.8, 4) is 5.75 Å². The van der Waals surface area contributed by atoms with E-state index in [2.05, 4.69) is 12.2 Å². The van der Waals surface area contributed by atoms with Gasteiger partial charge in [-0.15, -0.1) is 0 Å². The minimum atomic E-state index is -0.737. The van der Waals surface area contributed by atoms with Gasteiger partial charge in [0.05, 0.1) is 0 Å². The van der Waals surface area contributed by atoms with E-state index in [9.17, 15) is 14.0 Å². The van der Waals surface area contributed by atoms with Crippen LogP contribution in [0.3, 0.4) is 0 Å². The molecule has 0 radical (unpaired) electrons. The van der Waals surface area contributed by atoms with E-state index < -0.39 is 11.9 Å². The molecule has 1 atom stereocenters. The lowest BCUT2D eigenvalue weighted by Gasteiger charge is -2.29. The lowest BCUT2D eigenvalue weighted by atomic mass is 10.1. The summed E-state index contributed by atoms with van der Waals surface area (Å²) in [5.74, 6) is -0.403. The van der Waals surface area contributed by atoms with Gasteiger partial charge < -0.3 is 15.0 Å². The van der Waals surface area contributed by atoms with Crippen molar-refractivity contribution in [2.24, 2.45) is 0 Å². The van der Waals surface area contributed by atoms with E-state index in [1.54, 1.807) is 25.1 Å². The van der Waals surface area contributed by atoms with Crippen LogP contribution in [0, 0.1) is 5.82 Å². The molecular weight excluding hydrogens is 395 g/mol. The largest absolute Gasteiger partial charge is 0.484 e. The lowest BCUT2D eigenvalue weighted by Crippen LogP contribution is -2.50. The zero-order valence-corrected chi connectivity index (χ0v) is 18.3. The molecule has 2 amide bonds. The van der Waals surface area contributed by atoms with Crippen molar-refractivity contribution >= 4 is 11.8 Å². The average Bonchev–Trinajstić information content (AvgIpc) is 3.30. The number of carbonyl (C=O) groups is 2. The fourth-order valence-corrected chi connectivity index (χ4v) is 3.83. The summed E-state index contributed by atoms with van der Waals surface area (Å²) in [6, 6.07) is 13.3. The number of hydrogen-bond donors (Lipinski definition) is 1. The first-order valence-electron chi connectivity index (χ1n) is 11.0. The highest BCUT2D eigenvalue weighted by Gasteiger charge is 2.29. The van der Waals surface area contributed by atoms with E-state index in [1.165, 1.54) is 16.5 Å². The second kappa shape index (κ2) is 10.9. The maximum Gasteiger partial charge on any atom is 0.261 e. The highest BCUT2D eigenvalue weighted by molar-refractivity contribution is 5.88. The number of ether oxygens (including phenoxy) is 1. The molecule has 2 aromatic rings. The summed E-state index contributed by atoms with van der Waals surface area (Å²) in [7, 11) is 0. The van der Waals surface area contributed by atoms with Gasteiger partial charge in [-0.2, -0.15) is 0 Å². The van der Waals surface area contributed by atoms with E-state index in [1.807, 2.05) is 24.3 Å². The molecule has 0 aliphatic heterocycles. The van der Waals surface area contributed by atoms with Crippen molar-refractivity contribution in [3.05, 3.63) is 65.5 Å². The van der Waals surface area contributed by atoms with Gasteiger partial charge in [-0.25, -0.2) is 4.39 Å². The first-order chi connectivity index (χ1) is 15.0. The molecule has 0 aromatic heterocycles. The number of nitrogens with one attached hydrogen (secondary N) is 1. The van der Waals surface area contributed by atoms with Crippen LogP contribution >= 0.6 is 0 Å². The number of aryl methyl sites for hydroxylation is 1. The van der Waals surface area contributed by atoms with Gasteiger partial charge in [-0.1, -0.05) is 50.1 Å². The number of nitrogens with zero attached hydrogens (tertiary/aromatic N) is 1. The molecule has 6 heteroatoms. The third-order valence-electron chi connectivity index (χ3n) is 5.86. The van der Waals surface area contributed by atoms with E-state index in [0.717, 1.165) is 32.1 Å². The monoisotopic (exact) mass is 426 g/mol. The fourth-order valence-electron chi connectivity index (χ4n) is 3.83. The maximum absolute atomic E-state index is 14.3. The molecule has 0 bridgehead atoms. The van der Waals surface area contributed by atoms with Crippen LogP contribution in [-0.2, 0) is 22.6 Å². The van der Waals surface area contributed by atoms with Gasteiger partial charge in [-0.3, -0.25) is 9.59 Å². The van der Waals surface area contributed by atoms with Crippen LogP contribution in [0.2, 0.25) is 0 Å². The number of benzene rings is 2. The Bertz CT molecular complexity index is 879. The molecule has 1 fully saturated rings. The third kappa shape index (κ3) is 6.29. The Labute approximate surface area is 183 Å². The minimum absolute atomic E-state index is 0.00287. The maximum atomic E-state index is 14.3. The highest BCUT2D eigenvalue weighted by atomic mass is 19.1. The standard InChI is InChI=1S/C25H31FN2O3/c1-3-19-12-14-22(15-13-19)31-17-24(29)28(16-20-8-4-7-11-23(20)26)18(2)25(30)27-21-9-5-6-10-21/h4,7-8,11-15,18,21H,3,5-6,9-10,16-17H2,1-2H3,(H,27,30). The quantitative estimate of drug-likeness (QED) is 0.652. The first kappa shape index (κ1) is 22.8. The second-order valence-corrected chi connectivity index (χ2v) is 8.07. The lowest BCUT2D eigenvalue weighted by molar-refractivity contribution is -0.142. The van der Waals surface area contributed by atoms with E-state index in [4.69, 9.17) is 4.74 Å². The Morgan fingerprint density at radius 1 is 1.13 bits per heavy atom. The van der Waals surface area contributed by atoms with Gasteiger partial charge in [0, 0.05) is 18.2 Å². The van der Waals surface area contributed by atoms with E-state index in [-0.39, 0.29) is 31.0 Å². The smallest absolute Gasteiger partial charge is 0.261 e. The first-order valence-corrected chi connectivity index (χ1v) is 11.0. The molecule has 0 saturated heterocycles. The van der Waals surface area contributed by atoms with Crippen LogP contribution in [-0.4, -0.2) is 35.4 Å². The summed E-state index contributed by atoms with van der Waals surface area (Å²) >= 11 is 0. The molecule has 1 unspecified atom stereocenters. The molecule has 1 aliphatic rings. The van der Waals surface area contributed by atoms with Gasteiger partial charge >= 0.3 is 0 Å². The molecule has 31 heavy (non-hydrogen) atoms. The Morgan fingerprint density at radius 2 is 1.81 bits per heavy atom. The molecule has 5 nitrogen and oxygen atoms in total. The van der Waals surface area contributed by atoms with E-state index in [0.29, 0.717) is 11.3 Å². The normalized spacial score (nSPS) is 14.8. The topological polar surface area (TPSA) is 58.6 Å². The van der Waals surface area contributed by atoms with Gasteiger partial charge in [0.15, 0.2) is 6.61 Å². The molecule has 1 N–H and O–H groups in total. The van der Waals surface area contributed by atoms with Gasteiger partial charge in [0.25, 0.3) is 5.91 Å². The summed E-state index contributed by atoms with van der Waals surface area (Å²) in [5, 5.41) is 3.03. The van der Waals surface area contributed by atoms with Crippen LogP contribution in [0.15, 0.2) is 48.5 Å². The Hall–Kier alpha value is -2.89. The highest BCUT2D eigenvalue weighted by Crippen LogP contribution is 2.19. The van der Waals surface area contributed by atoms with Crippen molar-refractivity contribution < 1.29 is 18.7 Å². The zero-order valence-electron chi connectivity index (χ0n) is 18.3. The van der Waals surface area contributed by atoms with Crippen LogP contribution in [0.1, 0.15) is 50.7 Å². The van der Waals surface area contributed by atoms with Crippen LogP contribution < -0.4 is 10.1 Å². The molecule has 166 valence electrons. The predicted octanol–water partition coefficient (Wildman–Crippen LogP) is 4.24. The number of amides is 2. The zero-order chi connectivity index (χ0) is 22.2. The van der Waals surface area contributed by atoms with Gasteiger partial charge in [0.2, 0.25) is 5.91 Å². The second-order valence-electron chi connectivity index (χ2n) is 8.07. The van der Waals surface area contributed by atoms with Crippen molar-refractivity contribution in [1.29, 1.82) is 0 Å². The number of rotatable bonds is 9. The van der Waals surface area contributed by atoms with Crippen LogP contribution in [0.25, 0.3) is 0 Å². The summed E-state index contributed by atoms with van der Waals surface area (Å²) in [4.78, 5) is 27.3. The molecule has 0 spiro atoms. The Kier molecular flexibility index (Phi) is 8.04. The number of halogens is 1. The number of carbonyl (C=O) groups excluding carboxylic acids is 2. The Balaban J connectivity index is 1.70. The van der Waals surface area contributed by atoms with Crippen molar-refractivity contribution in [2.75, 3.05) is 6.61 Å². The SMILES string of the molecule is CCc1ccc(OCC(=O)N(Cc2ccccc2F)C(C)C(=O)NC2CCCC2)cc1. The fraction of sp³-hybridized carbons (Fsp3) is 0.440. The molecule has 2 aromatic carbocycles. The third-order valence-corrected chi connectivity index (χ3v) is 5.86. The minimum Gasteiger partial charge on any atom is -0.484 e. The molecule has 0 heterocycles. The van der Waals surface area contributed by atoms with Gasteiger partial charge in [0.1, 0.15) is 17.6 Å². The summed E-state index contributed by atoms with van der Waals surface area (Å²) in [6.45, 7) is 3.53. The molecule has 1 saturated carbocycles. The number of hydrogen-bond acceptors (Lipinski definition) is 3. The Morgan fingerprint density at radius 3 is 2.45 bits per heavy atom. The summed E-state index contributed by atoms with van der Waals surface area (Å²) in [5.41, 5.74) is 1.54. The van der Waals surface area contributed by atoms with E-state index >= 15 is 0 Å². The van der Waals surface area contributed by atoms with Crippen LogP contribution in [0.4, 0.5) is 4.39 Å². The van der Waals surface area contributed by atoms with Crippen molar-refractivity contribution in [3.63, 3.8) is 0 Å². The molecular formula is C25H31FN2O3. The summed E-state index contributed by atoms with van der Waals surface area (Å²) < 4.78 is 19.9. The van der Waals surface area contributed by atoms with Crippen LogP contribution in [0.5, 0.6) is 5.75 Å². The average molecular weight is 427 g/mol. The van der Waals surface area contributed by atoms with Crippen molar-refractivity contribution in [1.82, 2.24) is 10.2 Å². The van der Waals surface area contributed by atoms with Crippen molar-refractivity contribution in [2.45, 2.75) is 64.6 Å². The van der Waals surface area contributed by atoms with Gasteiger partial charge in [-0.05, 0) is 49.9 Å².